The van der Waals surface area contributed by atoms with Crippen molar-refractivity contribution in [3.05, 3.63) is 0 Å². The van der Waals surface area contributed by atoms with Crippen LogP contribution in [-0.2, 0) is 24.0 Å². The first-order chi connectivity index (χ1) is 14.3. The van der Waals surface area contributed by atoms with Crippen molar-refractivity contribution in [1.29, 1.82) is 0 Å². The van der Waals surface area contributed by atoms with Crippen molar-refractivity contribution in [2.75, 3.05) is 6.61 Å². The summed E-state index contributed by atoms with van der Waals surface area (Å²) in [4.78, 5) is 59.9. The van der Waals surface area contributed by atoms with Crippen LogP contribution in [0.4, 0.5) is 0 Å². The van der Waals surface area contributed by atoms with Gasteiger partial charge in [-0.1, -0.05) is 34.1 Å². The molecule has 5 unspecified atom stereocenters. The molecule has 0 aromatic carbocycles. The molecular weight excluding hydrogens is 410 g/mol. The molecule has 0 aliphatic rings. The van der Waals surface area contributed by atoms with E-state index in [1.54, 1.807) is 20.8 Å². The number of rotatable bonds is 14. The van der Waals surface area contributed by atoms with Crippen LogP contribution in [0.15, 0.2) is 0 Å². The lowest BCUT2D eigenvalue weighted by Gasteiger charge is -2.25. The highest BCUT2D eigenvalue weighted by Gasteiger charge is 2.31. The minimum Gasteiger partial charge on any atom is -0.480 e. The number of aliphatic hydroxyl groups excluding tert-OH is 1. The van der Waals surface area contributed by atoms with E-state index in [1.807, 2.05) is 6.92 Å². The Morgan fingerprint density at radius 2 is 1.35 bits per heavy atom. The molecule has 9 N–H and O–H groups in total. The molecule has 0 saturated heterocycles. The summed E-state index contributed by atoms with van der Waals surface area (Å²) in [5.41, 5.74) is 11.0. The molecule has 0 saturated carbocycles. The number of carbonyl (C=O) groups excluding carboxylic acids is 4. The van der Waals surface area contributed by atoms with Gasteiger partial charge >= 0.3 is 5.97 Å². The number of aliphatic hydroxyl groups is 1. The fourth-order valence-electron chi connectivity index (χ4n) is 2.62. The third kappa shape index (κ3) is 10.2. The Kier molecular flexibility index (Phi) is 12.4. The Balaban J connectivity index is 5.30. The average Bonchev–Trinajstić information content (AvgIpc) is 2.68. The smallest absolute Gasteiger partial charge is 0.326 e. The summed E-state index contributed by atoms with van der Waals surface area (Å²) in [6.45, 7) is 6.29. The van der Waals surface area contributed by atoms with Crippen LogP contribution in [0.5, 0.6) is 0 Å². The van der Waals surface area contributed by atoms with Crippen LogP contribution in [0.2, 0.25) is 0 Å². The Bertz CT molecular complexity index is 656. The van der Waals surface area contributed by atoms with Crippen LogP contribution in [0.3, 0.4) is 0 Å². The van der Waals surface area contributed by atoms with Gasteiger partial charge in [-0.25, -0.2) is 4.79 Å². The van der Waals surface area contributed by atoms with Gasteiger partial charge in [0.2, 0.25) is 23.6 Å². The molecule has 12 heteroatoms. The number of aliphatic carboxylic acids is 1. The zero-order chi connectivity index (χ0) is 24.3. The van der Waals surface area contributed by atoms with Crippen molar-refractivity contribution in [3.63, 3.8) is 0 Å². The Labute approximate surface area is 181 Å². The predicted octanol–water partition coefficient (Wildman–Crippen LogP) is -2.19. The number of carbonyl (C=O) groups is 5. The van der Waals surface area contributed by atoms with E-state index in [2.05, 4.69) is 16.0 Å². The normalized spacial score (nSPS) is 15.8. The molecule has 0 aliphatic carbocycles. The zero-order valence-electron chi connectivity index (χ0n) is 18.4. The van der Waals surface area contributed by atoms with Crippen molar-refractivity contribution in [3.8, 4) is 0 Å². The molecule has 0 fully saturated rings. The molecule has 12 nitrogen and oxygen atoms in total. The van der Waals surface area contributed by atoms with E-state index in [-0.39, 0.29) is 18.3 Å². The molecule has 0 heterocycles. The van der Waals surface area contributed by atoms with Gasteiger partial charge in [0.15, 0.2) is 0 Å². The van der Waals surface area contributed by atoms with E-state index >= 15 is 0 Å². The van der Waals surface area contributed by atoms with Gasteiger partial charge in [-0.3, -0.25) is 19.2 Å². The van der Waals surface area contributed by atoms with Gasteiger partial charge in [0.1, 0.15) is 18.1 Å². The first kappa shape index (κ1) is 28.3. The molecule has 0 rings (SSSR count). The molecule has 0 aromatic heterocycles. The summed E-state index contributed by atoms with van der Waals surface area (Å²) in [6.07, 6.45) is 0.186. The summed E-state index contributed by atoms with van der Waals surface area (Å²) in [5.74, 6) is -4.93. The first-order valence-corrected chi connectivity index (χ1v) is 10.1. The minimum atomic E-state index is -1.50. The van der Waals surface area contributed by atoms with Crippen LogP contribution in [0, 0.1) is 11.8 Å². The number of primary amides is 1. The molecular formula is C19H35N5O7. The molecule has 178 valence electrons. The molecule has 31 heavy (non-hydrogen) atoms. The number of carboxylic acid groups (broad SMARTS) is 1. The molecule has 0 aromatic rings. The molecule has 4 amide bonds. The Morgan fingerprint density at radius 1 is 0.871 bits per heavy atom. The molecule has 0 bridgehead atoms. The summed E-state index contributed by atoms with van der Waals surface area (Å²) in [5, 5.41) is 25.5. The highest BCUT2D eigenvalue weighted by Crippen LogP contribution is 2.07. The monoisotopic (exact) mass is 445 g/mol. The maximum absolute atomic E-state index is 12.6. The highest BCUT2D eigenvalue weighted by molar-refractivity contribution is 5.96. The van der Waals surface area contributed by atoms with Crippen molar-refractivity contribution < 1.29 is 34.2 Å². The van der Waals surface area contributed by atoms with Gasteiger partial charge in [0.25, 0.3) is 0 Å². The van der Waals surface area contributed by atoms with Gasteiger partial charge in [-0.05, 0) is 18.3 Å². The van der Waals surface area contributed by atoms with Gasteiger partial charge in [0, 0.05) is 0 Å². The SMILES string of the molecule is CCC(C)C(N)C(=O)NC(CC(N)=O)C(=O)NC(CO)C(=O)NC(CC(C)C)C(=O)O. The minimum absolute atomic E-state index is 0.0338. The second-order valence-corrected chi connectivity index (χ2v) is 7.92. The summed E-state index contributed by atoms with van der Waals surface area (Å²) >= 11 is 0. The molecule has 0 aliphatic heterocycles. The highest BCUT2D eigenvalue weighted by atomic mass is 16.4. The van der Waals surface area contributed by atoms with E-state index in [9.17, 15) is 34.2 Å². The van der Waals surface area contributed by atoms with Crippen LogP contribution in [0.1, 0.15) is 47.0 Å². The van der Waals surface area contributed by atoms with Gasteiger partial charge in [-0.15, -0.1) is 0 Å². The third-order valence-corrected chi connectivity index (χ3v) is 4.74. The lowest BCUT2D eigenvalue weighted by atomic mass is 9.99. The van der Waals surface area contributed by atoms with E-state index in [0.717, 1.165) is 0 Å². The van der Waals surface area contributed by atoms with E-state index in [1.165, 1.54) is 0 Å². The van der Waals surface area contributed by atoms with Crippen LogP contribution in [0.25, 0.3) is 0 Å². The molecule has 0 radical (unpaired) electrons. The van der Waals surface area contributed by atoms with Crippen molar-refractivity contribution in [2.24, 2.45) is 23.3 Å². The number of hydrogen-bond donors (Lipinski definition) is 7. The summed E-state index contributed by atoms with van der Waals surface area (Å²) in [6, 6.07) is -5.07. The number of carboxylic acids is 1. The first-order valence-electron chi connectivity index (χ1n) is 10.1. The van der Waals surface area contributed by atoms with Gasteiger partial charge in [-0.2, -0.15) is 0 Å². The lowest BCUT2D eigenvalue weighted by molar-refractivity contribution is -0.143. The topological polar surface area (TPSA) is 214 Å². The lowest BCUT2D eigenvalue weighted by Crippen LogP contribution is -2.59. The Hall–Kier alpha value is -2.73. The zero-order valence-corrected chi connectivity index (χ0v) is 18.4. The van der Waals surface area contributed by atoms with Gasteiger partial charge < -0.3 is 37.6 Å². The van der Waals surface area contributed by atoms with E-state index < -0.39 is 66.8 Å². The summed E-state index contributed by atoms with van der Waals surface area (Å²) in [7, 11) is 0. The van der Waals surface area contributed by atoms with Crippen molar-refractivity contribution in [2.45, 2.75) is 71.1 Å². The van der Waals surface area contributed by atoms with Crippen molar-refractivity contribution >= 4 is 29.6 Å². The Morgan fingerprint density at radius 3 is 1.77 bits per heavy atom. The largest absolute Gasteiger partial charge is 0.480 e. The average molecular weight is 446 g/mol. The standard InChI is InChI=1S/C19H35N5O7/c1-5-10(4)15(21)18(29)22-11(7-14(20)26)16(27)24-13(8-25)17(28)23-12(19(30)31)6-9(2)3/h9-13,15,25H,5-8,21H2,1-4H3,(H2,20,26)(H,22,29)(H,23,28)(H,24,27)(H,30,31). The maximum atomic E-state index is 12.6. The van der Waals surface area contributed by atoms with Crippen molar-refractivity contribution in [1.82, 2.24) is 16.0 Å². The fourth-order valence-corrected chi connectivity index (χ4v) is 2.62. The number of hydrogen-bond acceptors (Lipinski definition) is 7. The fraction of sp³-hybridized carbons (Fsp3) is 0.737. The maximum Gasteiger partial charge on any atom is 0.326 e. The van der Waals surface area contributed by atoms with E-state index in [4.69, 9.17) is 11.5 Å². The number of amides is 4. The van der Waals surface area contributed by atoms with Crippen LogP contribution >= 0.6 is 0 Å². The quantitative estimate of drug-likeness (QED) is 0.155. The van der Waals surface area contributed by atoms with Crippen LogP contribution < -0.4 is 27.4 Å². The second kappa shape index (κ2) is 13.5. The van der Waals surface area contributed by atoms with Crippen LogP contribution in [-0.4, -0.2) is 70.6 Å². The predicted molar refractivity (Wildman–Crippen MR) is 111 cm³/mol. The second-order valence-electron chi connectivity index (χ2n) is 7.92. The number of nitrogens with one attached hydrogen (secondary N) is 3. The number of nitrogens with two attached hydrogens (primary N) is 2. The third-order valence-electron chi connectivity index (χ3n) is 4.74. The summed E-state index contributed by atoms with van der Waals surface area (Å²) < 4.78 is 0. The van der Waals surface area contributed by atoms with E-state index in [0.29, 0.717) is 6.42 Å². The van der Waals surface area contributed by atoms with Gasteiger partial charge in [0.05, 0.1) is 19.1 Å². The molecule has 5 atom stereocenters. The molecule has 0 spiro atoms.